The van der Waals surface area contributed by atoms with Crippen molar-refractivity contribution in [1.29, 1.82) is 0 Å². The van der Waals surface area contributed by atoms with Crippen molar-refractivity contribution in [2.24, 2.45) is 5.73 Å². The van der Waals surface area contributed by atoms with E-state index in [9.17, 15) is 0 Å². The van der Waals surface area contributed by atoms with Crippen molar-refractivity contribution < 1.29 is 0 Å². The third-order valence-electron chi connectivity index (χ3n) is 4.21. The van der Waals surface area contributed by atoms with Gasteiger partial charge in [-0.15, -0.1) is 0 Å². The first-order valence-corrected chi connectivity index (χ1v) is 7.90. The van der Waals surface area contributed by atoms with Gasteiger partial charge in [0, 0.05) is 19.0 Å². The van der Waals surface area contributed by atoms with Crippen molar-refractivity contribution in [1.82, 2.24) is 9.55 Å². The minimum Gasteiger partial charge on any atom is -0.328 e. The van der Waals surface area contributed by atoms with Gasteiger partial charge in [-0.25, -0.2) is 4.98 Å². The van der Waals surface area contributed by atoms with Crippen LogP contribution in [0.1, 0.15) is 29.9 Å². The highest BCUT2D eigenvalue weighted by Crippen LogP contribution is 2.22. The Labute approximate surface area is 131 Å². The number of rotatable bonds is 5. The van der Waals surface area contributed by atoms with E-state index in [1.54, 1.807) is 0 Å². The number of hydrogen-bond acceptors (Lipinski definition) is 2. The highest BCUT2D eigenvalue weighted by Gasteiger charge is 2.14. The molecule has 0 amide bonds. The van der Waals surface area contributed by atoms with Crippen molar-refractivity contribution in [2.75, 3.05) is 6.54 Å². The first-order chi connectivity index (χ1) is 10.7. The van der Waals surface area contributed by atoms with E-state index in [2.05, 4.69) is 60.9 Å². The maximum absolute atomic E-state index is 5.90. The molecular weight excluding hydrogens is 270 g/mol. The molecular formula is C19H23N3. The summed E-state index contributed by atoms with van der Waals surface area (Å²) >= 11 is 0. The highest BCUT2D eigenvalue weighted by molar-refractivity contribution is 5.76. The van der Waals surface area contributed by atoms with Crippen LogP contribution in [0.2, 0.25) is 0 Å². The third kappa shape index (κ3) is 2.90. The lowest BCUT2D eigenvalue weighted by Gasteiger charge is -2.15. The summed E-state index contributed by atoms with van der Waals surface area (Å²) in [6, 6.07) is 17.3. The van der Waals surface area contributed by atoms with E-state index in [0.29, 0.717) is 6.54 Å². The van der Waals surface area contributed by atoms with Crippen molar-refractivity contribution in [3.8, 4) is 0 Å². The Balaban J connectivity index is 1.90. The summed E-state index contributed by atoms with van der Waals surface area (Å²) < 4.78 is 2.30. The second kappa shape index (κ2) is 6.32. The van der Waals surface area contributed by atoms with Gasteiger partial charge in [-0.1, -0.05) is 42.0 Å². The molecule has 1 unspecified atom stereocenters. The number of benzene rings is 2. The van der Waals surface area contributed by atoms with Crippen molar-refractivity contribution >= 4 is 11.0 Å². The lowest BCUT2D eigenvalue weighted by atomic mass is 10.1. The zero-order chi connectivity index (χ0) is 15.5. The van der Waals surface area contributed by atoms with Crippen LogP contribution in [0.25, 0.3) is 11.0 Å². The van der Waals surface area contributed by atoms with Crippen LogP contribution in [0.3, 0.4) is 0 Å². The molecule has 0 fully saturated rings. The molecule has 0 aliphatic rings. The molecule has 2 aromatic carbocycles. The molecule has 0 aliphatic carbocycles. The summed E-state index contributed by atoms with van der Waals surface area (Å²) in [5, 5.41) is 0. The molecule has 1 atom stereocenters. The van der Waals surface area contributed by atoms with E-state index in [0.717, 1.165) is 24.2 Å². The van der Waals surface area contributed by atoms with E-state index in [-0.39, 0.29) is 6.04 Å². The largest absolute Gasteiger partial charge is 0.328 e. The number of nitrogens with zero attached hydrogens (tertiary/aromatic N) is 2. The zero-order valence-electron chi connectivity index (χ0n) is 13.3. The normalized spacial score (nSPS) is 12.7. The van der Waals surface area contributed by atoms with Crippen LogP contribution in [0.15, 0.2) is 48.5 Å². The summed E-state index contributed by atoms with van der Waals surface area (Å²) in [7, 11) is 0. The SMILES string of the molecule is Cc1ccc(CCc2nc3ccccc3n2C(C)CN)cc1. The first-order valence-electron chi connectivity index (χ1n) is 7.90. The summed E-state index contributed by atoms with van der Waals surface area (Å²) in [6.07, 6.45) is 1.93. The molecule has 3 aromatic rings. The fourth-order valence-corrected chi connectivity index (χ4v) is 2.88. The Morgan fingerprint density at radius 2 is 1.77 bits per heavy atom. The minimum atomic E-state index is 0.264. The van der Waals surface area contributed by atoms with Gasteiger partial charge in [0.25, 0.3) is 0 Å². The Hall–Kier alpha value is -2.13. The molecule has 0 saturated carbocycles. The number of para-hydroxylation sites is 2. The maximum Gasteiger partial charge on any atom is 0.110 e. The second-order valence-electron chi connectivity index (χ2n) is 5.96. The van der Waals surface area contributed by atoms with Gasteiger partial charge in [-0.2, -0.15) is 0 Å². The molecule has 114 valence electrons. The minimum absolute atomic E-state index is 0.264. The summed E-state index contributed by atoms with van der Waals surface area (Å²) in [5.41, 5.74) is 10.8. The lowest BCUT2D eigenvalue weighted by Crippen LogP contribution is -2.18. The Morgan fingerprint density at radius 3 is 2.50 bits per heavy atom. The number of nitrogens with two attached hydrogens (primary N) is 1. The molecule has 0 radical (unpaired) electrons. The van der Waals surface area contributed by atoms with Gasteiger partial charge in [-0.05, 0) is 38.0 Å². The van der Waals surface area contributed by atoms with Crippen LogP contribution in [-0.2, 0) is 12.8 Å². The van der Waals surface area contributed by atoms with Gasteiger partial charge in [0.2, 0.25) is 0 Å². The second-order valence-corrected chi connectivity index (χ2v) is 5.96. The van der Waals surface area contributed by atoms with Crippen molar-refractivity contribution in [2.45, 2.75) is 32.7 Å². The molecule has 0 saturated heterocycles. The van der Waals surface area contributed by atoms with Crippen molar-refractivity contribution in [3.05, 3.63) is 65.5 Å². The summed E-state index contributed by atoms with van der Waals surface area (Å²) in [6.45, 7) is 4.90. The van der Waals surface area contributed by atoms with Gasteiger partial charge in [-0.3, -0.25) is 0 Å². The third-order valence-corrected chi connectivity index (χ3v) is 4.21. The number of hydrogen-bond donors (Lipinski definition) is 1. The maximum atomic E-state index is 5.90. The van der Waals surface area contributed by atoms with Crippen LogP contribution in [0, 0.1) is 6.92 Å². The summed E-state index contributed by atoms with van der Waals surface area (Å²) in [4.78, 5) is 4.82. The smallest absolute Gasteiger partial charge is 0.110 e. The average Bonchev–Trinajstić information content (AvgIpc) is 2.92. The molecule has 22 heavy (non-hydrogen) atoms. The summed E-state index contributed by atoms with van der Waals surface area (Å²) in [5.74, 6) is 1.12. The molecule has 2 N–H and O–H groups in total. The lowest BCUT2D eigenvalue weighted by molar-refractivity contribution is 0.546. The molecule has 0 bridgehead atoms. The molecule has 3 nitrogen and oxygen atoms in total. The van der Waals surface area contributed by atoms with E-state index >= 15 is 0 Å². The van der Waals surface area contributed by atoms with Crippen LogP contribution in [0.5, 0.6) is 0 Å². The first kappa shape index (κ1) is 14.8. The Morgan fingerprint density at radius 1 is 1.05 bits per heavy atom. The van der Waals surface area contributed by atoms with Crippen LogP contribution in [-0.4, -0.2) is 16.1 Å². The molecule has 3 heteroatoms. The predicted molar refractivity (Wildman–Crippen MR) is 92.1 cm³/mol. The molecule has 1 heterocycles. The van der Waals surface area contributed by atoms with Gasteiger partial charge in [0.15, 0.2) is 0 Å². The van der Waals surface area contributed by atoms with Crippen molar-refractivity contribution in [3.63, 3.8) is 0 Å². The van der Waals surface area contributed by atoms with E-state index in [4.69, 9.17) is 10.7 Å². The number of aromatic nitrogens is 2. The Kier molecular flexibility index (Phi) is 4.25. The zero-order valence-corrected chi connectivity index (χ0v) is 13.3. The predicted octanol–water partition coefficient (Wildman–Crippen LogP) is 3.65. The van der Waals surface area contributed by atoms with Gasteiger partial charge in [0.1, 0.15) is 5.82 Å². The van der Waals surface area contributed by atoms with Gasteiger partial charge in [0.05, 0.1) is 11.0 Å². The monoisotopic (exact) mass is 293 g/mol. The van der Waals surface area contributed by atoms with Crippen LogP contribution in [0.4, 0.5) is 0 Å². The van der Waals surface area contributed by atoms with Gasteiger partial charge < -0.3 is 10.3 Å². The average molecular weight is 293 g/mol. The fraction of sp³-hybridized carbons (Fsp3) is 0.316. The molecule has 3 rings (SSSR count). The van der Waals surface area contributed by atoms with Gasteiger partial charge >= 0.3 is 0 Å². The number of fused-ring (bicyclic) bond motifs is 1. The van der Waals surface area contributed by atoms with Crippen LogP contribution < -0.4 is 5.73 Å². The van der Waals surface area contributed by atoms with Crippen LogP contribution >= 0.6 is 0 Å². The molecule has 0 spiro atoms. The standard InChI is InChI=1S/C19H23N3/c1-14-7-9-16(10-8-14)11-12-19-21-17-5-3-4-6-18(17)22(19)15(2)13-20/h3-10,15H,11-13,20H2,1-2H3. The van der Waals surface area contributed by atoms with E-state index < -0.39 is 0 Å². The Bertz CT molecular complexity index is 756. The fourth-order valence-electron chi connectivity index (χ4n) is 2.88. The highest BCUT2D eigenvalue weighted by atomic mass is 15.1. The quantitative estimate of drug-likeness (QED) is 0.780. The topological polar surface area (TPSA) is 43.8 Å². The molecule has 1 aromatic heterocycles. The van der Waals surface area contributed by atoms with E-state index in [1.807, 2.05) is 6.07 Å². The number of aryl methyl sites for hydroxylation is 3. The molecule has 0 aliphatic heterocycles. The van der Waals surface area contributed by atoms with E-state index in [1.165, 1.54) is 16.6 Å². The number of imidazole rings is 1.